The number of aryl methyl sites for hydroxylation is 1. The van der Waals surface area contributed by atoms with Crippen LogP contribution in [-0.2, 0) is 16.6 Å². The molecule has 3 saturated carbocycles. The van der Waals surface area contributed by atoms with Crippen molar-refractivity contribution >= 4 is 0 Å². The van der Waals surface area contributed by atoms with Gasteiger partial charge in [-0.05, 0) is 98.0 Å². The molecule has 1 aromatic rings. The zero-order valence-electron chi connectivity index (χ0n) is 15.3. The second kappa shape index (κ2) is 5.62. The third kappa shape index (κ3) is 2.11. The molecule has 2 unspecified atom stereocenters. The minimum absolute atomic E-state index is 0.387. The predicted molar refractivity (Wildman–Crippen MR) is 94.9 cm³/mol. The van der Waals surface area contributed by atoms with Gasteiger partial charge in [-0.2, -0.15) is 0 Å². The van der Waals surface area contributed by atoms with Gasteiger partial charge >= 0.3 is 0 Å². The quantitative estimate of drug-likeness (QED) is 0.693. The van der Waals surface area contributed by atoms with E-state index in [1.54, 1.807) is 5.56 Å². The van der Waals surface area contributed by atoms with Crippen molar-refractivity contribution in [2.75, 3.05) is 7.11 Å². The topological polar surface area (TPSA) is 22.4 Å². The van der Waals surface area contributed by atoms with Crippen molar-refractivity contribution in [2.24, 2.45) is 29.6 Å². The number of ether oxygens (including phenoxy) is 1. The highest BCUT2D eigenvalue weighted by Crippen LogP contribution is 2.61. The molecule has 0 bridgehead atoms. The normalized spacial score (nSPS) is 47.2. The second-order valence-electron chi connectivity index (χ2n) is 9.36. The summed E-state index contributed by atoms with van der Waals surface area (Å²) < 4.78 is 11.5. The fourth-order valence-corrected chi connectivity index (χ4v) is 7.54. The van der Waals surface area contributed by atoms with Gasteiger partial charge in [0, 0.05) is 13.5 Å². The Hall–Kier alpha value is -0.760. The van der Waals surface area contributed by atoms with Crippen LogP contribution in [-0.4, -0.2) is 13.2 Å². The molecule has 0 aromatic carbocycles. The number of hydrogen-bond donors (Lipinski definition) is 0. The van der Waals surface area contributed by atoms with Crippen molar-refractivity contribution in [3.05, 3.63) is 23.7 Å². The molecule has 1 aromatic heterocycles. The summed E-state index contributed by atoms with van der Waals surface area (Å²) in [5.41, 5.74) is 1.95. The summed E-state index contributed by atoms with van der Waals surface area (Å²) in [6, 6.07) is 2.29. The molecule has 3 fully saturated rings. The molecule has 0 aliphatic heterocycles. The third-order valence-corrected chi connectivity index (χ3v) is 8.67. The third-order valence-electron chi connectivity index (χ3n) is 8.67. The Morgan fingerprint density at radius 2 is 1.92 bits per heavy atom. The standard InChI is InChI=1S/C22H32O2/c1-22-11-9-17-16-6-4-15(23-2)13-14(16)3-5-18(17)19(22)7-8-21-20(22)10-12-24-21/h10,12,14-19H,3-9,11,13H2,1-2H3/t14?,15-,16?,17+,18+,19-,22-/m0/s1. The zero-order valence-corrected chi connectivity index (χ0v) is 15.3. The molecule has 0 spiro atoms. The summed E-state index contributed by atoms with van der Waals surface area (Å²) in [4.78, 5) is 0. The molecule has 1 heterocycles. The fraction of sp³-hybridized carbons (Fsp3) is 0.818. The van der Waals surface area contributed by atoms with Crippen LogP contribution in [0.4, 0.5) is 0 Å². The molecular formula is C22H32O2. The van der Waals surface area contributed by atoms with Gasteiger partial charge in [-0.3, -0.25) is 0 Å². The lowest BCUT2D eigenvalue weighted by Crippen LogP contribution is -2.52. The average molecular weight is 328 g/mol. The molecule has 4 aliphatic rings. The van der Waals surface area contributed by atoms with Crippen LogP contribution in [0.5, 0.6) is 0 Å². The maximum Gasteiger partial charge on any atom is 0.107 e. The van der Waals surface area contributed by atoms with E-state index in [1.807, 2.05) is 13.4 Å². The minimum Gasteiger partial charge on any atom is -0.469 e. The zero-order chi connectivity index (χ0) is 16.3. The van der Waals surface area contributed by atoms with Gasteiger partial charge in [-0.25, -0.2) is 0 Å². The number of fused-ring (bicyclic) bond motifs is 7. The summed E-state index contributed by atoms with van der Waals surface area (Å²) in [5, 5.41) is 0. The van der Waals surface area contributed by atoms with Gasteiger partial charge in [0.25, 0.3) is 0 Å². The SMILES string of the molecule is CO[C@H]1CCC2C(CC[C@@H]3[C@@H]2CC[C@]2(C)c4ccoc4CC[C@@H]32)C1. The highest BCUT2D eigenvalue weighted by atomic mass is 16.5. The molecule has 4 aliphatic carbocycles. The molecule has 7 atom stereocenters. The Balaban J connectivity index is 1.42. The van der Waals surface area contributed by atoms with E-state index in [2.05, 4.69) is 13.0 Å². The summed E-state index contributed by atoms with van der Waals surface area (Å²) >= 11 is 0. The molecule has 0 radical (unpaired) electrons. The number of methoxy groups -OCH3 is 1. The van der Waals surface area contributed by atoms with E-state index in [9.17, 15) is 0 Å². The van der Waals surface area contributed by atoms with Gasteiger partial charge in [-0.15, -0.1) is 0 Å². The van der Waals surface area contributed by atoms with Crippen LogP contribution in [0.15, 0.2) is 16.7 Å². The van der Waals surface area contributed by atoms with E-state index in [0.717, 1.165) is 29.6 Å². The first-order chi connectivity index (χ1) is 11.7. The van der Waals surface area contributed by atoms with Crippen LogP contribution in [0.1, 0.15) is 69.6 Å². The summed E-state index contributed by atoms with van der Waals surface area (Å²) in [7, 11) is 1.91. The number of rotatable bonds is 1. The van der Waals surface area contributed by atoms with E-state index in [4.69, 9.17) is 9.15 Å². The molecule has 0 N–H and O–H groups in total. The van der Waals surface area contributed by atoms with Crippen LogP contribution < -0.4 is 0 Å². The lowest BCUT2D eigenvalue weighted by atomic mass is 9.47. The van der Waals surface area contributed by atoms with Gasteiger partial charge in [-0.1, -0.05) is 6.92 Å². The first-order valence-corrected chi connectivity index (χ1v) is 10.3. The smallest absolute Gasteiger partial charge is 0.107 e. The average Bonchev–Trinajstić information content (AvgIpc) is 3.10. The predicted octanol–water partition coefficient (Wildman–Crippen LogP) is 5.35. The van der Waals surface area contributed by atoms with Crippen molar-refractivity contribution in [3.63, 3.8) is 0 Å². The lowest BCUT2D eigenvalue weighted by molar-refractivity contribution is -0.0697. The van der Waals surface area contributed by atoms with Crippen molar-refractivity contribution in [1.82, 2.24) is 0 Å². The van der Waals surface area contributed by atoms with Crippen molar-refractivity contribution in [3.8, 4) is 0 Å². The monoisotopic (exact) mass is 328 g/mol. The van der Waals surface area contributed by atoms with Crippen LogP contribution in [0, 0.1) is 29.6 Å². The fourth-order valence-electron chi connectivity index (χ4n) is 7.54. The van der Waals surface area contributed by atoms with Gasteiger partial charge < -0.3 is 9.15 Å². The lowest BCUT2D eigenvalue weighted by Gasteiger charge is -2.58. The first kappa shape index (κ1) is 15.5. The number of furan rings is 1. The van der Waals surface area contributed by atoms with E-state index < -0.39 is 0 Å². The molecule has 5 rings (SSSR count). The van der Waals surface area contributed by atoms with Crippen LogP contribution in [0.2, 0.25) is 0 Å². The van der Waals surface area contributed by atoms with Crippen LogP contribution in [0.25, 0.3) is 0 Å². The molecule has 24 heavy (non-hydrogen) atoms. The first-order valence-electron chi connectivity index (χ1n) is 10.3. The van der Waals surface area contributed by atoms with E-state index in [-0.39, 0.29) is 0 Å². The Bertz CT molecular complexity index is 605. The summed E-state index contributed by atoms with van der Waals surface area (Å²) in [5.74, 6) is 6.08. The van der Waals surface area contributed by atoms with Crippen LogP contribution in [0.3, 0.4) is 0 Å². The van der Waals surface area contributed by atoms with Crippen molar-refractivity contribution in [2.45, 2.75) is 76.2 Å². The molecule has 132 valence electrons. The Labute approximate surface area is 146 Å². The van der Waals surface area contributed by atoms with Gasteiger partial charge in [0.2, 0.25) is 0 Å². The molecule has 2 heteroatoms. The molecular weight excluding hydrogens is 296 g/mol. The molecule has 0 saturated heterocycles. The maximum atomic E-state index is 5.80. The summed E-state index contributed by atoms with van der Waals surface area (Å²) in [6.07, 6.45) is 14.8. The van der Waals surface area contributed by atoms with Crippen molar-refractivity contribution in [1.29, 1.82) is 0 Å². The van der Waals surface area contributed by atoms with Crippen LogP contribution >= 0.6 is 0 Å². The van der Waals surface area contributed by atoms with E-state index >= 15 is 0 Å². The number of hydrogen-bond acceptors (Lipinski definition) is 2. The van der Waals surface area contributed by atoms with Crippen molar-refractivity contribution < 1.29 is 9.15 Å². The van der Waals surface area contributed by atoms with Gasteiger partial charge in [0.15, 0.2) is 0 Å². The summed E-state index contributed by atoms with van der Waals surface area (Å²) in [6.45, 7) is 2.55. The Morgan fingerprint density at radius 1 is 1.04 bits per heavy atom. The highest BCUT2D eigenvalue weighted by molar-refractivity contribution is 5.32. The van der Waals surface area contributed by atoms with Gasteiger partial charge in [0.05, 0.1) is 12.4 Å². The Morgan fingerprint density at radius 3 is 2.79 bits per heavy atom. The largest absolute Gasteiger partial charge is 0.469 e. The van der Waals surface area contributed by atoms with Gasteiger partial charge in [0.1, 0.15) is 5.76 Å². The van der Waals surface area contributed by atoms with E-state index in [0.29, 0.717) is 11.5 Å². The van der Waals surface area contributed by atoms with E-state index in [1.165, 1.54) is 63.5 Å². The molecule has 2 nitrogen and oxygen atoms in total. The Kier molecular flexibility index (Phi) is 3.63. The molecule has 0 amide bonds. The maximum absolute atomic E-state index is 5.80. The second-order valence-corrected chi connectivity index (χ2v) is 9.36. The minimum atomic E-state index is 0.387. The highest BCUT2D eigenvalue weighted by Gasteiger charge is 2.54.